The third kappa shape index (κ3) is 4.44. The van der Waals surface area contributed by atoms with E-state index in [0.717, 1.165) is 39.0 Å². The Kier molecular flexibility index (Phi) is 5.38. The van der Waals surface area contributed by atoms with E-state index in [2.05, 4.69) is 14.6 Å². The first kappa shape index (κ1) is 19.7. The Balaban J connectivity index is 1.17. The number of aromatic nitrogens is 3. The molecule has 0 aliphatic heterocycles. The van der Waals surface area contributed by atoms with Crippen molar-refractivity contribution in [1.82, 2.24) is 14.6 Å². The van der Waals surface area contributed by atoms with Crippen LogP contribution in [-0.2, 0) is 17.6 Å². The van der Waals surface area contributed by atoms with Crippen LogP contribution < -0.4 is 0 Å². The van der Waals surface area contributed by atoms with Gasteiger partial charge >= 0.3 is 0 Å². The van der Waals surface area contributed by atoms with Gasteiger partial charge in [-0.1, -0.05) is 40.9 Å². The molecular formula is C25H21N3O2S. The molecule has 2 atom stereocenters. The molecule has 1 aliphatic rings. The predicted molar refractivity (Wildman–Crippen MR) is 120 cm³/mol. The zero-order valence-corrected chi connectivity index (χ0v) is 17.7. The summed E-state index contributed by atoms with van der Waals surface area (Å²) in [6, 6.07) is 19.4. The molecule has 31 heavy (non-hydrogen) atoms. The molecule has 0 bridgehead atoms. The number of hydrogen-bond donors (Lipinski definition) is 0. The minimum Gasteiger partial charge on any atom is -0.299 e. The standard InChI is InChI=1S/C25H21N3O2S/c29-23(11-9-19-3-1-2-12-26-19)18-7-5-17(6-8-18)20-15-21(20)24(30)13-16-4-10-22-25(14-16)31-28-27-22/h1-8,10,12,14,20-21H,9,11,13,15H2/t20-,21+/m0/s1. The summed E-state index contributed by atoms with van der Waals surface area (Å²) in [6.07, 6.45) is 4.16. The maximum Gasteiger partial charge on any atom is 0.163 e. The van der Waals surface area contributed by atoms with Crippen LogP contribution in [0.1, 0.15) is 45.9 Å². The summed E-state index contributed by atoms with van der Waals surface area (Å²) in [7, 11) is 0. The monoisotopic (exact) mass is 427 g/mol. The van der Waals surface area contributed by atoms with Crippen LogP contribution in [0.4, 0.5) is 0 Å². The van der Waals surface area contributed by atoms with Crippen LogP contribution in [0.3, 0.4) is 0 Å². The smallest absolute Gasteiger partial charge is 0.163 e. The zero-order valence-electron chi connectivity index (χ0n) is 16.9. The number of nitrogens with zero attached hydrogens (tertiary/aromatic N) is 3. The number of Topliss-reactive ketones (excluding diaryl/α,β-unsaturated/α-hetero) is 2. The lowest BCUT2D eigenvalue weighted by molar-refractivity contribution is -0.119. The minimum absolute atomic E-state index is 0.0704. The highest BCUT2D eigenvalue weighted by Gasteiger charge is 2.43. The largest absolute Gasteiger partial charge is 0.299 e. The SMILES string of the molecule is O=C(CCc1ccccn1)c1ccc([C@@H]2C[C@H]2C(=O)Cc2ccc3nnsc3c2)cc1. The summed E-state index contributed by atoms with van der Waals surface area (Å²) >= 11 is 1.35. The van der Waals surface area contributed by atoms with Gasteiger partial charge in [-0.05, 0) is 65.7 Å². The average Bonchev–Trinajstić information content (AvgIpc) is 3.48. The molecule has 0 N–H and O–H groups in total. The van der Waals surface area contributed by atoms with Crippen LogP contribution in [0, 0.1) is 5.92 Å². The van der Waals surface area contributed by atoms with Gasteiger partial charge in [0.15, 0.2) is 5.78 Å². The van der Waals surface area contributed by atoms with E-state index in [4.69, 9.17) is 0 Å². The molecular weight excluding hydrogens is 406 g/mol. The molecule has 4 aromatic rings. The number of fused-ring (bicyclic) bond motifs is 1. The van der Waals surface area contributed by atoms with E-state index in [0.29, 0.717) is 19.3 Å². The van der Waals surface area contributed by atoms with Crippen LogP contribution in [0.2, 0.25) is 0 Å². The fraction of sp³-hybridized carbons (Fsp3) is 0.240. The number of aryl methyl sites for hydroxylation is 1. The minimum atomic E-state index is 0.0704. The molecule has 2 heterocycles. The summed E-state index contributed by atoms with van der Waals surface area (Å²) in [5.74, 6) is 0.728. The molecule has 0 saturated heterocycles. The Morgan fingerprint density at radius 1 is 1.03 bits per heavy atom. The van der Waals surface area contributed by atoms with E-state index in [1.807, 2.05) is 60.7 Å². The third-order valence-electron chi connectivity index (χ3n) is 5.89. The summed E-state index contributed by atoms with van der Waals surface area (Å²) in [6.45, 7) is 0. The second kappa shape index (κ2) is 8.47. The van der Waals surface area contributed by atoms with Gasteiger partial charge in [0, 0.05) is 36.2 Å². The summed E-state index contributed by atoms with van der Waals surface area (Å²) < 4.78 is 4.96. The highest BCUT2D eigenvalue weighted by Crippen LogP contribution is 2.48. The highest BCUT2D eigenvalue weighted by atomic mass is 32.1. The van der Waals surface area contributed by atoms with Crippen molar-refractivity contribution >= 4 is 33.3 Å². The molecule has 1 aliphatic carbocycles. The third-order valence-corrected chi connectivity index (χ3v) is 6.58. The Labute approximate surface area is 184 Å². The molecule has 1 fully saturated rings. The molecule has 5 nitrogen and oxygen atoms in total. The summed E-state index contributed by atoms with van der Waals surface area (Å²) in [5.41, 5.74) is 4.68. The number of carbonyl (C=O) groups is 2. The maximum atomic E-state index is 12.7. The van der Waals surface area contributed by atoms with Crippen LogP contribution in [0.5, 0.6) is 0 Å². The Morgan fingerprint density at radius 3 is 2.71 bits per heavy atom. The molecule has 0 spiro atoms. The first-order valence-corrected chi connectivity index (χ1v) is 11.2. The van der Waals surface area contributed by atoms with E-state index in [9.17, 15) is 9.59 Å². The lowest BCUT2D eigenvalue weighted by atomic mass is 9.99. The van der Waals surface area contributed by atoms with Gasteiger partial charge in [-0.3, -0.25) is 14.6 Å². The van der Waals surface area contributed by atoms with Crippen molar-refractivity contribution in [3.8, 4) is 0 Å². The molecule has 0 radical (unpaired) electrons. The van der Waals surface area contributed by atoms with Crippen LogP contribution in [0.25, 0.3) is 10.2 Å². The Bertz CT molecular complexity index is 1230. The van der Waals surface area contributed by atoms with Crippen molar-refractivity contribution in [1.29, 1.82) is 0 Å². The quantitative estimate of drug-likeness (QED) is 0.377. The normalized spacial score (nSPS) is 17.5. The summed E-state index contributed by atoms with van der Waals surface area (Å²) in [4.78, 5) is 29.5. The van der Waals surface area contributed by atoms with E-state index >= 15 is 0 Å². The van der Waals surface area contributed by atoms with E-state index in [1.165, 1.54) is 11.5 Å². The number of pyridine rings is 1. The molecule has 2 aromatic carbocycles. The van der Waals surface area contributed by atoms with Crippen LogP contribution in [0.15, 0.2) is 66.9 Å². The first-order chi connectivity index (χ1) is 15.2. The van der Waals surface area contributed by atoms with Gasteiger partial charge in [0.1, 0.15) is 11.3 Å². The molecule has 0 amide bonds. The van der Waals surface area contributed by atoms with Crippen LogP contribution >= 0.6 is 11.5 Å². The Morgan fingerprint density at radius 2 is 1.90 bits per heavy atom. The van der Waals surface area contributed by atoms with Crippen LogP contribution in [-0.4, -0.2) is 26.1 Å². The Hall–Kier alpha value is -3.25. The van der Waals surface area contributed by atoms with Crippen molar-refractivity contribution in [2.24, 2.45) is 5.92 Å². The topological polar surface area (TPSA) is 72.8 Å². The molecule has 2 aromatic heterocycles. The van der Waals surface area contributed by atoms with Gasteiger partial charge in [-0.15, -0.1) is 5.10 Å². The van der Waals surface area contributed by atoms with Gasteiger partial charge in [0.25, 0.3) is 0 Å². The predicted octanol–water partition coefficient (Wildman–Crippen LogP) is 4.82. The molecule has 0 unspecified atom stereocenters. The average molecular weight is 428 g/mol. The van der Waals surface area contributed by atoms with E-state index < -0.39 is 0 Å². The summed E-state index contributed by atoms with van der Waals surface area (Å²) in [5, 5.41) is 4.04. The van der Waals surface area contributed by atoms with Gasteiger partial charge in [0.2, 0.25) is 0 Å². The van der Waals surface area contributed by atoms with E-state index in [1.54, 1.807) is 6.20 Å². The number of rotatable bonds is 8. The van der Waals surface area contributed by atoms with Gasteiger partial charge in [0.05, 0.1) is 4.70 Å². The van der Waals surface area contributed by atoms with E-state index in [-0.39, 0.29) is 23.4 Å². The van der Waals surface area contributed by atoms with Crippen molar-refractivity contribution in [2.75, 3.05) is 0 Å². The molecule has 6 heteroatoms. The van der Waals surface area contributed by atoms with Gasteiger partial charge in [-0.25, -0.2) is 0 Å². The highest BCUT2D eigenvalue weighted by molar-refractivity contribution is 7.12. The number of hydrogen-bond acceptors (Lipinski definition) is 6. The van der Waals surface area contributed by atoms with Gasteiger partial charge < -0.3 is 0 Å². The van der Waals surface area contributed by atoms with Gasteiger partial charge in [-0.2, -0.15) is 0 Å². The number of carbonyl (C=O) groups excluding carboxylic acids is 2. The lowest BCUT2D eigenvalue weighted by Crippen LogP contribution is -2.06. The molecule has 1 saturated carbocycles. The number of ketones is 2. The lowest BCUT2D eigenvalue weighted by Gasteiger charge is -2.05. The van der Waals surface area contributed by atoms with Crippen molar-refractivity contribution in [3.05, 3.63) is 89.2 Å². The molecule has 154 valence electrons. The second-order valence-electron chi connectivity index (χ2n) is 8.03. The fourth-order valence-corrected chi connectivity index (χ4v) is 4.66. The van der Waals surface area contributed by atoms with Crippen molar-refractivity contribution in [2.45, 2.75) is 31.6 Å². The van der Waals surface area contributed by atoms with Crippen molar-refractivity contribution < 1.29 is 9.59 Å². The first-order valence-electron chi connectivity index (χ1n) is 10.4. The zero-order chi connectivity index (χ0) is 21.2. The second-order valence-corrected chi connectivity index (χ2v) is 8.82. The maximum absolute atomic E-state index is 12.7. The fourth-order valence-electron chi connectivity index (χ4n) is 4.03. The van der Waals surface area contributed by atoms with Crippen molar-refractivity contribution in [3.63, 3.8) is 0 Å². The molecule has 5 rings (SSSR count). The number of benzene rings is 2.